The number of hydrogen-bond donors (Lipinski definition) is 2. The number of nitrogens with one attached hydrogen (secondary N) is 1. The predicted octanol–water partition coefficient (Wildman–Crippen LogP) is 1.97. The van der Waals surface area contributed by atoms with E-state index in [1.165, 1.54) is 0 Å². The molecule has 1 aromatic carbocycles. The van der Waals surface area contributed by atoms with Gasteiger partial charge in [0.25, 0.3) is 0 Å². The quantitative estimate of drug-likeness (QED) is 0.723. The molecule has 3 nitrogen and oxygen atoms in total. The molecule has 0 saturated carbocycles. The summed E-state index contributed by atoms with van der Waals surface area (Å²) in [4.78, 5) is 10.3. The Labute approximate surface area is 81.1 Å². The number of amides is 2. The fraction of sp³-hybridized carbons (Fsp3) is 0. The van der Waals surface area contributed by atoms with Gasteiger partial charge in [-0.15, -0.1) is 0 Å². The van der Waals surface area contributed by atoms with Crippen LogP contribution in [0.1, 0.15) is 5.56 Å². The molecule has 0 unspecified atom stereocenters. The molecule has 0 radical (unpaired) electrons. The molecule has 0 aliphatic rings. The molecule has 1 aromatic rings. The maximum absolute atomic E-state index is 10.3. The summed E-state index contributed by atoms with van der Waals surface area (Å²) in [5.74, 6) is 0. The second kappa shape index (κ2) is 5.27. The molecule has 0 spiro atoms. The summed E-state index contributed by atoms with van der Waals surface area (Å²) in [6.45, 7) is 0. The Morgan fingerprint density at radius 3 is 2.69 bits per heavy atom. The fourth-order valence-corrected chi connectivity index (χ4v) is 1.18. The van der Waals surface area contributed by atoms with E-state index in [1.54, 1.807) is 5.41 Å². The first-order chi connectivity index (χ1) is 6.29. The van der Waals surface area contributed by atoms with E-state index >= 15 is 0 Å². The van der Waals surface area contributed by atoms with Crippen molar-refractivity contribution < 1.29 is 4.79 Å². The van der Waals surface area contributed by atoms with Gasteiger partial charge in [-0.3, -0.25) is 4.72 Å². The molecular formula is C9H10N2OS. The Bertz CT molecular complexity index is 298. The van der Waals surface area contributed by atoms with Crippen molar-refractivity contribution in [2.45, 2.75) is 0 Å². The Hall–Kier alpha value is -1.42. The molecule has 4 heteroatoms. The van der Waals surface area contributed by atoms with Gasteiger partial charge >= 0.3 is 6.03 Å². The molecule has 13 heavy (non-hydrogen) atoms. The summed E-state index contributed by atoms with van der Waals surface area (Å²) < 4.78 is 2.38. The highest BCUT2D eigenvalue weighted by molar-refractivity contribution is 8.00. The maximum atomic E-state index is 10.3. The van der Waals surface area contributed by atoms with E-state index in [-0.39, 0.29) is 0 Å². The van der Waals surface area contributed by atoms with Gasteiger partial charge in [0.15, 0.2) is 0 Å². The summed E-state index contributed by atoms with van der Waals surface area (Å²) in [7, 11) is 0. The van der Waals surface area contributed by atoms with Crippen LogP contribution in [0.5, 0.6) is 0 Å². The lowest BCUT2D eigenvalue weighted by molar-refractivity contribution is 0.254. The van der Waals surface area contributed by atoms with Crippen molar-refractivity contribution in [1.82, 2.24) is 4.72 Å². The zero-order valence-electron chi connectivity index (χ0n) is 6.94. The summed E-state index contributed by atoms with van der Waals surface area (Å²) in [6, 6.07) is 9.26. The number of urea groups is 1. The fourth-order valence-electron chi connectivity index (χ4n) is 0.769. The zero-order valence-corrected chi connectivity index (χ0v) is 7.75. The van der Waals surface area contributed by atoms with Crippen LogP contribution in [0.4, 0.5) is 4.79 Å². The average molecular weight is 194 g/mol. The lowest BCUT2D eigenvalue weighted by Crippen LogP contribution is -2.22. The maximum Gasteiger partial charge on any atom is 0.322 e. The van der Waals surface area contributed by atoms with E-state index in [0.717, 1.165) is 17.5 Å². The van der Waals surface area contributed by atoms with E-state index in [9.17, 15) is 4.79 Å². The van der Waals surface area contributed by atoms with Crippen LogP contribution in [0.2, 0.25) is 0 Å². The SMILES string of the molecule is NC(=O)NSC=Cc1ccccc1. The molecule has 0 atom stereocenters. The number of benzene rings is 1. The largest absolute Gasteiger partial charge is 0.351 e. The third-order valence-electron chi connectivity index (χ3n) is 1.29. The smallest absolute Gasteiger partial charge is 0.322 e. The van der Waals surface area contributed by atoms with Gasteiger partial charge in [0.05, 0.1) is 0 Å². The Balaban J connectivity index is 2.37. The molecule has 0 aliphatic carbocycles. The van der Waals surface area contributed by atoms with Crippen molar-refractivity contribution in [2.24, 2.45) is 5.73 Å². The van der Waals surface area contributed by atoms with Gasteiger partial charge in [-0.1, -0.05) is 30.3 Å². The third-order valence-corrected chi connectivity index (χ3v) is 1.88. The summed E-state index contributed by atoms with van der Waals surface area (Å²) >= 11 is 1.15. The van der Waals surface area contributed by atoms with Crippen LogP contribution < -0.4 is 10.5 Å². The number of carbonyl (C=O) groups is 1. The number of rotatable bonds is 3. The number of carbonyl (C=O) groups excluding carboxylic acids is 1. The van der Waals surface area contributed by atoms with E-state index in [4.69, 9.17) is 5.73 Å². The average Bonchev–Trinajstić information content (AvgIpc) is 2.14. The van der Waals surface area contributed by atoms with Crippen LogP contribution in [0, 0.1) is 0 Å². The second-order valence-electron chi connectivity index (χ2n) is 2.30. The highest BCUT2D eigenvalue weighted by Gasteiger charge is 1.86. The topological polar surface area (TPSA) is 55.1 Å². The molecule has 0 aromatic heterocycles. The Kier molecular flexibility index (Phi) is 3.92. The minimum Gasteiger partial charge on any atom is -0.351 e. The summed E-state index contributed by atoms with van der Waals surface area (Å²) in [5, 5.41) is 1.76. The number of hydrogen-bond acceptors (Lipinski definition) is 2. The summed E-state index contributed by atoms with van der Waals surface area (Å²) in [6.07, 6.45) is 1.89. The zero-order chi connectivity index (χ0) is 9.52. The molecule has 2 amide bonds. The van der Waals surface area contributed by atoms with Gasteiger partial charge < -0.3 is 5.73 Å². The third kappa shape index (κ3) is 4.22. The van der Waals surface area contributed by atoms with Crippen molar-refractivity contribution in [3.63, 3.8) is 0 Å². The van der Waals surface area contributed by atoms with Gasteiger partial charge in [-0.05, 0) is 29.0 Å². The van der Waals surface area contributed by atoms with Gasteiger partial charge in [0.1, 0.15) is 0 Å². The Morgan fingerprint density at radius 1 is 1.38 bits per heavy atom. The lowest BCUT2D eigenvalue weighted by Gasteiger charge is -1.93. The molecule has 3 N–H and O–H groups in total. The normalized spacial score (nSPS) is 10.2. The van der Waals surface area contributed by atoms with Crippen molar-refractivity contribution in [2.75, 3.05) is 0 Å². The van der Waals surface area contributed by atoms with E-state index in [0.29, 0.717) is 0 Å². The minimum atomic E-state index is -0.539. The first kappa shape index (κ1) is 9.67. The first-order valence-corrected chi connectivity index (χ1v) is 4.59. The van der Waals surface area contributed by atoms with Crippen molar-refractivity contribution in [1.29, 1.82) is 0 Å². The van der Waals surface area contributed by atoms with Crippen molar-refractivity contribution >= 4 is 24.1 Å². The molecule has 68 valence electrons. The minimum absolute atomic E-state index is 0.539. The van der Waals surface area contributed by atoms with Gasteiger partial charge in [-0.25, -0.2) is 4.79 Å². The van der Waals surface area contributed by atoms with Gasteiger partial charge in [-0.2, -0.15) is 0 Å². The molecule has 0 saturated heterocycles. The number of nitrogens with two attached hydrogens (primary N) is 1. The van der Waals surface area contributed by atoms with Crippen LogP contribution in [-0.2, 0) is 0 Å². The van der Waals surface area contributed by atoms with E-state index in [2.05, 4.69) is 4.72 Å². The van der Waals surface area contributed by atoms with Crippen molar-refractivity contribution in [3.8, 4) is 0 Å². The Morgan fingerprint density at radius 2 is 2.08 bits per heavy atom. The highest BCUT2D eigenvalue weighted by atomic mass is 32.2. The standard InChI is InChI=1S/C9H10N2OS/c10-9(12)11-13-7-6-8-4-2-1-3-5-8/h1-7H,(H3,10,11,12). The van der Waals surface area contributed by atoms with E-state index in [1.807, 2.05) is 36.4 Å². The van der Waals surface area contributed by atoms with Crippen LogP contribution in [0.15, 0.2) is 35.7 Å². The lowest BCUT2D eigenvalue weighted by atomic mass is 10.2. The molecular weight excluding hydrogens is 184 g/mol. The number of primary amides is 1. The predicted molar refractivity (Wildman–Crippen MR) is 55.8 cm³/mol. The molecule has 1 rings (SSSR count). The first-order valence-electron chi connectivity index (χ1n) is 3.72. The van der Waals surface area contributed by atoms with E-state index < -0.39 is 6.03 Å². The van der Waals surface area contributed by atoms with Gasteiger partial charge in [0.2, 0.25) is 0 Å². The molecule has 0 bridgehead atoms. The van der Waals surface area contributed by atoms with Crippen LogP contribution >= 0.6 is 11.9 Å². The van der Waals surface area contributed by atoms with Crippen LogP contribution in [-0.4, -0.2) is 6.03 Å². The summed E-state index contributed by atoms with van der Waals surface area (Å²) in [5.41, 5.74) is 5.95. The monoisotopic (exact) mass is 194 g/mol. The molecule has 0 heterocycles. The highest BCUT2D eigenvalue weighted by Crippen LogP contribution is 2.04. The van der Waals surface area contributed by atoms with Crippen LogP contribution in [0.25, 0.3) is 6.08 Å². The molecule has 0 aliphatic heterocycles. The van der Waals surface area contributed by atoms with Crippen LogP contribution in [0.3, 0.4) is 0 Å². The van der Waals surface area contributed by atoms with Crippen molar-refractivity contribution in [3.05, 3.63) is 41.3 Å². The second-order valence-corrected chi connectivity index (χ2v) is 3.01. The molecule has 0 fully saturated rings. The van der Waals surface area contributed by atoms with Gasteiger partial charge in [0, 0.05) is 0 Å².